The Morgan fingerprint density at radius 1 is 0.786 bits per heavy atom. The number of ketones is 1. The quantitative estimate of drug-likeness (QED) is 0.435. The topological polar surface area (TPSA) is 52.7 Å². The average molecular weight is 366 g/mol. The van der Waals surface area contributed by atoms with Gasteiger partial charge in [-0.2, -0.15) is 0 Å². The normalized spacial score (nSPS) is 11.3. The van der Waals surface area contributed by atoms with Crippen LogP contribution in [0.1, 0.15) is 16.1 Å². The van der Waals surface area contributed by atoms with Crippen molar-refractivity contribution in [3.05, 3.63) is 96.3 Å². The van der Waals surface area contributed by atoms with Crippen molar-refractivity contribution in [1.29, 1.82) is 0 Å². The van der Waals surface area contributed by atoms with Gasteiger partial charge in [0.25, 0.3) is 0 Å². The number of hydrogen-bond acceptors (Lipinski definition) is 3. The molecule has 0 aliphatic heterocycles. The van der Waals surface area contributed by atoms with Crippen LogP contribution in [-0.4, -0.2) is 25.3 Å². The second-order valence-corrected chi connectivity index (χ2v) is 6.82. The summed E-state index contributed by atoms with van der Waals surface area (Å²) in [6.45, 7) is 0.789. The van der Waals surface area contributed by atoms with E-state index in [9.17, 15) is 4.79 Å². The van der Waals surface area contributed by atoms with Gasteiger partial charge in [-0.25, -0.2) is 4.68 Å². The van der Waals surface area contributed by atoms with Crippen LogP contribution in [-0.2, 0) is 13.1 Å². The summed E-state index contributed by atoms with van der Waals surface area (Å²) in [4.78, 5) is 12.4. The summed E-state index contributed by atoms with van der Waals surface area (Å²) in [5, 5.41) is 10.9. The van der Waals surface area contributed by atoms with Crippen LogP contribution >= 0.6 is 0 Å². The van der Waals surface area contributed by atoms with E-state index >= 15 is 0 Å². The Morgan fingerprint density at radius 2 is 1.39 bits per heavy atom. The molecular weight excluding hydrogens is 348 g/mol. The molecule has 0 saturated heterocycles. The number of Topliss-reactive ketones (excluding diaryl/α,β-unsaturated/α-hetero) is 1. The van der Waals surface area contributed by atoms with Gasteiger partial charge in [0.2, 0.25) is 0 Å². The Bertz CT molecular complexity index is 1230. The molecule has 136 valence electrons. The SMILES string of the molecule is O=C(Cn1cc(Cn2c3ccccc3c3ccccc32)nn1)c1ccccc1. The van der Waals surface area contributed by atoms with Gasteiger partial charge in [0.1, 0.15) is 12.2 Å². The molecule has 0 atom stereocenters. The zero-order valence-electron chi connectivity index (χ0n) is 15.2. The minimum absolute atomic E-state index is 0.0221. The van der Waals surface area contributed by atoms with Crippen LogP contribution in [0.15, 0.2) is 85.1 Å². The van der Waals surface area contributed by atoms with Crippen LogP contribution in [0.4, 0.5) is 0 Å². The van der Waals surface area contributed by atoms with Gasteiger partial charge in [0.15, 0.2) is 5.78 Å². The van der Waals surface area contributed by atoms with E-state index in [1.807, 2.05) is 48.7 Å². The van der Waals surface area contributed by atoms with E-state index in [1.165, 1.54) is 21.8 Å². The zero-order chi connectivity index (χ0) is 18.9. The molecule has 5 heteroatoms. The van der Waals surface area contributed by atoms with E-state index in [2.05, 4.69) is 51.3 Å². The molecule has 5 aromatic rings. The highest BCUT2D eigenvalue weighted by molar-refractivity contribution is 6.08. The molecule has 5 nitrogen and oxygen atoms in total. The molecule has 0 aliphatic carbocycles. The third-order valence-electron chi connectivity index (χ3n) is 4.99. The van der Waals surface area contributed by atoms with Crippen LogP contribution in [0.25, 0.3) is 21.8 Å². The molecule has 28 heavy (non-hydrogen) atoms. The predicted octanol–water partition coefficient (Wildman–Crippen LogP) is 4.32. The second kappa shape index (κ2) is 6.78. The number of rotatable bonds is 5. The van der Waals surface area contributed by atoms with Crippen LogP contribution in [0, 0.1) is 0 Å². The summed E-state index contributed by atoms with van der Waals surface area (Å²) < 4.78 is 3.86. The minimum Gasteiger partial charge on any atom is -0.334 e. The fraction of sp³-hybridized carbons (Fsp3) is 0.0870. The third-order valence-corrected chi connectivity index (χ3v) is 4.99. The van der Waals surface area contributed by atoms with E-state index in [0.29, 0.717) is 12.1 Å². The third kappa shape index (κ3) is 2.87. The molecule has 5 rings (SSSR count). The van der Waals surface area contributed by atoms with Crippen LogP contribution in [0.3, 0.4) is 0 Å². The number of carbonyl (C=O) groups excluding carboxylic acids is 1. The van der Waals surface area contributed by atoms with Crippen molar-refractivity contribution in [2.45, 2.75) is 13.1 Å². The van der Waals surface area contributed by atoms with Gasteiger partial charge in [-0.3, -0.25) is 4.79 Å². The van der Waals surface area contributed by atoms with Crippen LogP contribution in [0.2, 0.25) is 0 Å². The number of benzene rings is 3. The maximum absolute atomic E-state index is 12.4. The first-order valence-electron chi connectivity index (χ1n) is 9.23. The molecule has 0 spiro atoms. The van der Waals surface area contributed by atoms with E-state index in [1.54, 1.807) is 4.68 Å². The zero-order valence-corrected chi connectivity index (χ0v) is 15.2. The van der Waals surface area contributed by atoms with Crippen molar-refractivity contribution in [2.75, 3.05) is 0 Å². The highest BCUT2D eigenvalue weighted by Gasteiger charge is 2.13. The van der Waals surface area contributed by atoms with Gasteiger partial charge in [-0.1, -0.05) is 71.9 Å². The van der Waals surface area contributed by atoms with E-state index in [-0.39, 0.29) is 12.3 Å². The van der Waals surface area contributed by atoms with E-state index < -0.39 is 0 Å². The Labute approximate surface area is 161 Å². The first-order chi connectivity index (χ1) is 13.8. The lowest BCUT2D eigenvalue weighted by Gasteiger charge is -2.04. The molecule has 2 heterocycles. The van der Waals surface area contributed by atoms with Crippen molar-refractivity contribution in [3.8, 4) is 0 Å². The smallest absolute Gasteiger partial charge is 0.184 e. The number of aromatic nitrogens is 4. The number of nitrogens with zero attached hydrogens (tertiary/aromatic N) is 4. The molecule has 0 fully saturated rings. The highest BCUT2D eigenvalue weighted by atomic mass is 16.1. The first-order valence-corrected chi connectivity index (χ1v) is 9.23. The lowest BCUT2D eigenvalue weighted by atomic mass is 10.1. The maximum atomic E-state index is 12.4. The number of hydrogen-bond donors (Lipinski definition) is 0. The molecule has 0 amide bonds. The second-order valence-electron chi connectivity index (χ2n) is 6.82. The van der Waals surface area contributed by atoms with Gasteiger partial charge < -0.3 is 4.57 Å². The number of fused-ring (bicyclic) bond motifs is 3. The molecule has 0 unspecified atom stereocenters. The lowest BCUT2D eigenvalue weighted by molar-refractivity contribution is 0.0967. The summed E-state index contributed by atoms with van der Waals surface area (Å²) in [6.07, 6.45) is 1.85. The predicted molar refractivity (Wildman–Crippen MR) is 109 cm³/mol. The number of para-hydroxylation sites is 2. The van der Waals surface area contributed by atoms with Crippen LogP contribution < -0.4 is 0 Å². The van der Waals surface area contributed by atoms with E-state index in [4.69, 9.17) is 0 Å². The fourth-order valence-corrected chi connectivity index (χ4v) is 3.69. The highest BCUT2D eigenvalue weighted by Crippen LogP contribution is 2.29. The van der Waals surface area contributed by atoms with Crippen molar-refractivity contribution >= 4 is 27.6 Å². The number of carbonyl (C=O) groups is 1. The van der Waals surface area contributed by atoms with Gasteiger partial charge in [-0.15, -0.1) is 5.10 Å². The maximum Gasteiger partial charge on any atom is 0.184 e. The molecular formula is C23H18N4O. The van der Waals surface area contributed by atoms with Gasteiger partial charge in [0, 0.05) is 27.4 Å². The van der Waals surface area contributed by atoms with Crippen LogP contribution in [0.5, 0.6) is 0 Å². The molecule has 0 bridgehead atoms. The van der Waals surface area contributed by atoms with Crippen molar-refractivity contribution < 1.29 is 4.79 Å². The summed E-state index contributed by atoms with van der Waals surface area (Å²) in [7, 11) is 0. The fourth-order valence-electron chi connectivity index (χ4n) is 3.69. The minimum atomic E-state index is 0.0221. The van der Waals surface area contributed by atoms with Crippen molar-refractivity contribution in [2.24, 2.45) is 0 Å². The Hall–Kier alpha value is -3.73. The molecule has 2 aromatic heterocycles. The summed E-state index contributed by atoms with van der Waals surface area (Å²) in [5.74, 6) is 0.0221. The lowest BCUT2D eigenvalue weighted by Crippen LogP contribution is -2.10. The summed E-state index contributed by atoms with van der Waals surface area (Å²) in [5.41, 5.74) is 3.84. The largest absolute Gasteiger partial charge is 0.334 e. The van der Waals surface area contributed by atoms with Crippen molar-refractivity contribution in [3.63, 3.8) is 0 Å². The Morgan fingerprint density at radius 3 is 2.07 bits per heavy atom. The average Bonchev–Trinajstić information content (AvgIpc) is 3.32. The molecule has 0 radical (unpaired) electrons. The summed E-state index contributed by atoms with van der Waals surface area (Å²) >= 11 is 0. The molecule has 0 saturated carbocycles. The standard InChI is InChI=1S/C23H18N4O/c28-23(17-8-2-1-3-9-17)16-26-14-18(24-25-26)15-27-21-12-6-4-10-19(21)20-11-5-7-13-22(20)27/h1-14H,15-16H2. The van der Waals surface area contributed by atoms with Gasteiger partial charge >= 0.3 is 0 Å². The van der Waals surface area contributed by atoms with E-state index in [0.717, 1.165) is 5.69 Å². The monoisotopic (exact) mass is 366 g/mol. The molecule has 0 N–H and O–H groups in total. The summed E-state index contributed by atoms with van der Waals surface area (Å²) in [6, 6.07) is 26.0. The molecule has 3 aromatic carbocycles. The first kappa shape index (κ1) is 16.4. The Kier molecular flexibility index (Phi) is 3.98. The van der Waals surface area contributed by atoms with Crippen molar-refractivity contribution in [1.82, 2.24) is 19.6 Å². The van der Waals surface area contributed by atoms with Gasteiger partial charge in [-0.05, 0) is 12.1 Å². The van der Waals surface area contributed by atoms with Gasteiger partial charge in [0.05, 0.1) is 12.7 Å². The Balaban J connectivity index is 1.45. The molecule has 0 aliphatic rings.